The summed E-state index contributed by atoms with van der Waals surface area (Å²) in [5.41, 5.74) is -1.54. The van der Waals surface area contributed by atoms with Gasteiger partial charge in [-0.15, -0.1) is 0 Å². The lowest BCUT2D eigenvalue weighted by Gasteiger charge is -2.47. The number of amides is 2. The van der Waals surface area contributed by atoms with Crippen molar-refractivity contribution in [3.63, 3.8) is 0 Å². The molecule has 31 nitrogen and oxygen atoms in total. The monoisotopic (exact) mass is 1990 g/mol. The Bertz CT molecular complexity index is 5990. The molecule has 0 spiro atoms. The lowest BCUT2D eigenvalue weighted by molar-refractivity contribution is -0.204. The van der Waals surface area contributed by atoms with E-state index in [9.17, 15) is 39.1 Å². The predicted molar refractivity (Wildman–Crippen MR) is 549 cm³/mol. The smallest absolute Gasteiger partial charge is 0.351 e. The van der Waals surface area contributed by atoms with Crippen LogP contribution in [0.25, 0.3) is 0 Å². The number of anilines is 2. The van der Waals surface area contributed by atoms with Crippen molar-refractivity contribution in [3.8, 4) is 35.1 Å². The highest BCUT2D eigenvalue weighted by Gasteiger charge is 2.66. The molecule has 10 aromatic rings. The number of fused-ring (bicyclic) bond motifs is 4. The predicted octanol–water partition coefficient (Wildman–Crippen LogP) is 18.2. The summed E-state index contributed by atoms with van der Waals surface area (Å²) in [6.07, 6.45) is -2.30. The number of hydrogen-bond acceptors (Lipinski definition) is 27. The fraction of sp³-hybridized carbons (Fsp3) is 0.436. The molecule has 14 rings (SSSR count). The zero-order valence-electron chi connectivity index (χ0n) is 85.6. The van der Waals surface area contributed by atoms with Crippen molar-refractivity contribution in [1.82, 2.24) is 33.1 Å². The fourth-order valence-electron chi connectivity index (χ4n) is 18.8. The third-order valence-electron chi connectivity index (χ3n) is 25.3. The quantitative estimate of drug-likeness (QED) is 0.0182. The number of nitrogens with zero attached hydrogens (tertiary/aromatic N) is 9. The first-order valence-electron chi connectivity index (χ1n) is 48.1. The van der Waals surface area contributed by atoms with Gasteiger partial charge >= 0.3 is 23.3 Å². The Morgan fingerprint density at radius 3 is 1.10 bits per heavy atom. The molecule has 2 amide bonds. The van der Waals surface area contributed by atoms with E-state index < -0.39 is 110 Å². The SMILES string of the molecule is CC(C)N(C(C)C)P(CC(=O)OC(C)(C)CC#N)N(C(C)C)C(C)C.COc1ccc(C(OC[C@@]23CO[C@@H]([C@H](n4cc(C)c(NC(=O)c5ccccc5)nc4=O)O2)[C@@H]3O)(c2ccccc2)c2ccc(OC)cc2)cc1.COc1ccc(C(OC[C@]23COC(C2OP(CC(=O)OC(C)(C)CC#N)N(C(C)C)C(C)C)[C@H](n2cc(C)c(NC(=O)c4ccccc4)nc2=O)O3)(c2ccccc2)c2ccc(OC)cc2)cc1. The zero-order valence-corrected chi connectivity index (χ0v) is 87.4. The van der Waals surface area contributed by atoms with E-state index in [-0.39, 0.29) is 81.0 Å². The van der Waals surface area contributed by atoms with Gasteiger partial charge in [0.2, 0.25) is 0 Å². The van der Waals surface area contributed by atoms with Crippen molar-refractivity contribution in [2.24, 2.45) is 0 Å². The number of rotatable bonds is 41. The van der Waals surface area contributed by atoms with Crippen molar-refractivity contribution in [3.05, 3.63) is 307 Å². The lowest BCUT2D eigenvalue weighted by Crippen LogP contribution is -2.49. The summed E-state index contributed by atoms with van der Waals surface area (Å²) < 4.78 is 91.5. The van der Waals surface area contributed by atoms with Crippen molar-refractivity contribution in [1.29, 1.82) is 10.5 Å². The van der Waals surface area contributed by atoms with Crippen molar-refractivity contribution < 1.29 is 85.7 Å². The second kappa shape index (κ2) is 48.1. The van der Waals surface area contributed by atoms with Crippen LogP contribution in [0.5, 0.6) is 23.0 Å². The molecule has 8 aromatic carbocycles. The zero-order chi connectivity index (χ0) is 104. The average Bonchev–Trinajstić information content (AvgIpc) is 1.61. The number of esters is 2. The molecule has 4 aliphatic rings. The molecular weight excluding hydrogens is 1860 g/mol. The summed E-state index contributed by atoms with van der Waals surface area (Å²) in [6, 6.07) is 73.0. The van der Waals surface area contributed by atoms with Crippen molar-refractivity contribution in [2.45, 2.75) is 244 Å². The molecule has 33 heteroatoms. The molecule has 2 aromatic heterocycles. The molecule has 4 fully saturated rings. The molecule has 0 radical (unpaired) electrons. The maximum absolute atomic E-state index is 14.2. The van der Waals surface area contributed by atoms with E-state index in [2.05, 4.69) is 102 Å². The minimum Gasteiger partial charge on any atom is -0.497 e. The number of ether oxygens (including phenoxy) is 12. The lowest BCUT2D eigenvalue weighted by atomic mass is 9.79. The summed E-state index contributed by atoms with van der Waals surface area (Å²) >= 11 is 0. The van der Waals surface area contributed by atoms with Gasteiger partial charge in [-0.3, -0.25) is 42.3 Å². The van der Waals surface area contributed by atoms with Gasteiger partial charge in [-0.05, 0) is 231 Å². The van der Waals surface area contributed by atoms with Gasteiger partial charge in [-0.2, -0.15) is 20.5 Å². The van der Waals surface area contributed by atoms with Crippen LogP contribution in [-0.4, -0.2) is 212 Å². The Kier molecular flexibility index (Phi) is 37.0. The molecule has 760 valence electrons. The van der Waals surface area contributed by atoms with Crippen molar-refractivity contribution >= 4 is 51.9 Å². The number of benzene rings is 8. The van der Waals surface area contributed by atoms with Gasteiger partial charge in [0.05, 0.1) is 94.2 Å². The molecule has 3 unspecified atom stereocenters. The Balaban J connectivity index is 0.000000212. The molecule has 143 heavy (non-hydrogen) atoms. The number of aliphatic hydroxyl groups is 1. The molecule has 0 aliphatic carbocycles. The third kappa shape index (κ3) is 25.3. The van der Waals surface area contributed by atoms with Crippen LogP contribution in [0.1, 0.15) is 201 Å². The highest BCUT2D eigenvalue weighted by Crippen LogP contribution is 2.58. The number of nitriles is 2. The first-order valence-corrected chi connectivity index (χ1v) is 50.9. The van der Waals surface area contributed by atoms with E-state index in [0.717, 1.165) is 33.4 Å². The second-order valence-corrected chi connectivity index (χ2v) is 42.4. The van der Waals surface area contributed by atoms with Crippen LogP contribution in [0.3, 0.4) is 0 Å². The molecular formula is C110H135N11O20P2. The number of methoxy groups -OCH3 is 4. The summed E-state index contributed by atoms with van der Waals surface area (Å²) in [4.78, 5) is 88.6. The second-order valence-electron chi connectivity index (χ2n) is 38.7. The molecule has 4 saturated heterocycles. The van der Waals surface area contributed by atoms with Crippen molar-refractivity contribution in [2.75, 3.05) is 77.8 Å². The summed E-state index contributed by atoms with van der Waals surface area (Å²) in [7, 11) is 3.81. The number of aromatic nitrogens is 4. The van der Waals surface area contributed by atoms with Crippen LogP contribution in [0.4, 0.5) is 11.6 Å². The van der Waals surface area contributed by atoms with Gasteiger partial charge in [0.25, 0.3) is 11.8 Å². The number of aryl methyl sites for hydroxylation is 2. The molecule has 0 saturated carbocycles. The Morgan fingerprint density at radius 2 is 0.762 bits per heavy atom. The number of aliphatic hydroxyl groups excluding tert-OH is 1. The van der Waals surface area contributed by atoms with Crippen LogP contribution < -0.4 is 41.0 Å². The van der Waals surface area contributed by atoms with E-state index >= 15 is 0 Å². The maximum atomic E-state index is 14.2. The molecule has 9 atom stereocenters. The number of carbonyl (C=O) groups excluding carboxylic acids is 4. The van der Waals surface area contributed by atoms with E-state index in [1.165, 1.54) is 9.13 Å². The first-order chi connectivity index (χ1) is 68.1. The maximum Gasteiger partial charge on any atom is 0.351 e. The Hall–Kier alpha value is -12.0. The Morgan fingerprint density at radius 1 is 0.455 bits per heavy atom. The van der Waals surface area contributed by atoms with Gasteiger partial charge in [-0.25, -0.2) is 9.59 Å². The minimum absolute atomic E-state index is 0.00654. The normalized spacial score (nSPS) is 18.9. The fourth-order valence-corrected chi connectivity index (χ4v) is 24.1. The van der Waals surface area contributed by atoms with Gasteiger partial charge in [0.15, 0.2) is 12.5 Å². The van der Waals surface area contributed by atoms with E-state index in [1.54, 1.807) is 131 Å². The van der Waals surface area contributed by atoms with Crippen LogP contribution in [0.15, 0.2) is 240 Å². The van der Waals surface area contributed by atoms with Gasteiger partial charge in [0.1, 0.15) is 107 Å². The standard InChI is InChI=1S/C52H60N5O10P.C39H37N3O8.C19H38N3O2P/c1-34(2)57(35(3)4)68(31-43(58)65-50(6,7)28-29-53)67-45-44-48(56-30-36(5)46(55-49(56)60)54-47(59)37-16-12-10-13-17-37)66-51(45,32-63-44)33-64-52(38-18-14-11-15-19-38,39-20-24-41(61-8)25-21-39)40-22-26-42(62-9)27-23-40;1-25-22-42(37(45)41-34(25)40-35(44)26-10-6-4-7-11-26)36-32-33(43)38(50-36,23-48-32)24-49-39(27-12-8-5-9-13-27,28-14-18-30(46-2)19-15-28)29-16-20-31(47-3)21-17-29;1-14(2)21(15(3)4)25(22(16(5)6)17(7)8)13-18(23)24-19(9,10)11-12-20/h10-27,30,34-35,44-45,48H,28,31-33H2,1-9H3,(H,54,55,59,60);4-22,32-33,36,43H,23-24H2,1-3H3,(H,40,41,44,45);14-17H,11,13H2,1-10H3/t44?,45?,48-,51-,68?;32-,33+,36-,38-;/m11./s1. The largest absolute Gasteiger partial charge is 0.497 e. The minimum atomic E-state index is -1.80. The highest BCUT2D eigenvalue weighted by atomic mass is 31.2. The summed E-state index contributed by atoms with van der Waals surface area (Å²) in [6.45, 7) is 35.8. The van der Waals surface area contributed by atoms with Gasteiger partial charge in [-0.1, -0.05) is 146 Å². The number of nitrogens with one attached hydrogen (secondary N) is 2. The molecule has 4 bridgehead atoms. The van der Waals surface area contributed by atoms with Crippen LogP contribution in [-0.2, 0) is 63.2 Å². The third-order valence-corrected chi connectivity index (χ3v) is 31.2. The van der Waals surface area contributed by atoms with E-state index in [4.69, 9.17) is 66.6 Å². The molecule has 3 N–H and O–H groups in total. The molecule has 6 heterocycles. The number of hydrogen-bond donors (Lipinski definition) is 3. The summed E-state index contributed by atoms with van der Waals surface area (Å²) in [5, 5.41) is 35.5. The van der Waals surface area contributed by atoms with Crippen LogP contribution in [0, 0.1) is 36.5 Å². The first kappa shape index (κ1) is 110. The average molecular weight is 1990 g/mol. The van der Waals surface area contributed by atoms with Gasteiger partial charge in [0, 0.05) is 70.9 Å². The van der Waals surface area contributed by atoms with Gasteiger partial charge < -0.3 is 77.1 Å². The van der Waals surface area contributed by atoms with E-state index in [0.29, 0.717) is 75.6 Å². The highest BCUT2D eigenvalue weighted by molar-refractivity contribution is 7.53. The topological polar surface area (TPSA) is 360 Å². The van der Waals surface area contributed by atoms with Crippen LogP contribution >= 0.6 is 16.5 Å². The Labute approximate surface area is 841 Å². The number of carbonyl (C=O) groups is 4. The summed E-state index contributed by atoms with van der Waals surface area (Å²) in [5.74, 6) is 1.39. The molecule has 4 aliphatic heterocycles. The van der Waals surface area contributed by atoms with E-state index in [1.807, 2.05) is 198 Å². The van der Waals surface area contributed by atoms with Crippen LogP contribution in [0.2, 0.25) is 0 Å².